The summed E-state index contributed by atoms with van der Waals surface area (Å²) in [4.78, 5) is 96.8. The third-order valence-corrected chi connectivity index (χ3v) is 14.4. The van der Waals surface area contributed by atoms with Gasteiger partial charge < -0.3 is 74.1 Å². The largest absolute Gasteiger partial charge is 0.790 e. The van der Waals surface area contributed by atoms with Gasteiger partial charge in [0.05, 0.1) is 27.4 Å². The van der Waals surface area contributed by atoms with Gasteiger partial charge in [0.2, 0.25) is 11.8 Å². The maximum Gasteiger partial charge on any atom is 0.274 e. The molecule has 0 saturated carbocycles. The Balaban J connectivity index is 1.29. The number of ether oxygens (including phenoxy) is 1. The number of aromatic nitrogens is 4. The zero-order valence-electron chi connectivity index (χ0n) is 38.1. The molecule has 2 unspecified atom stereocenters. The normalized spacial score (nSPS) is 20.1. The van der Waals surface area contributed by atoms with Crippen molar-refractivity contribution in [3.8, 4) is 0 Å². The molecule has 2 aromatic heterocycles. The van der Waals surface area contributed by atoms with Crippen LogP contribution in [-0.2, 0) is 50.7 Å². The number of nitrogen functional groups attached to an aromatic ring is 1. The van der Waals surface area contributed by atoms with Crippen LogP contribution in [0.2, 0.25) is 0 Å². The molecular weight excluding hydrogens is 979 g/mol. The first-order chi connectivity index (χ1) is 32.1. The Labute approximate surface area is 399 Å². The number of anilines is 1. The number of nitrogens with zero attached hydrogens (tertiary/aromatic N) is 4. The number of imidazole rings is 1. The van der Waals surface area contributed by atoms with Crippen LogP contribution >= 0.6 is 35.2 Å². The number of phosphoric acid groups is 3. The van der Waals surface area contributed by atoms with Crippen molar-refractivity contribution in [1.29, 1.82) is 0 Å². The van der Waals surface area contributed by atoms with Crippen molar-refractivity contribution in [2.75, 3.05) is 44.4 Å². The minimum absolute atomic E-state index is 0.0209. The van der Waals surface area contributed by atoms with Gasteiger partial charge in [0, 0.05) is 43.7 Å². The first-order valence-electron chi connectivity index (χ1n) is 22.3. The third-order valence-electron chi connectivity index (χ3n) is 10.4. The highest BCUT2D eigenvalue weighted by Gasteiger charge is 2.47. The number of fused-ring (bicyclic) bond motifs is 1. The van der Waals surface area contributed by atoms with E-state index in [0.29, 0.717) is 12.2 Å². The van der Waals surface area contributed by atoms with Crippen LogP contribution in [0.15, 0.2) is 24.8 Å². The predicted octanol–water partition coefficient (Wildman–Crippen LogP) is 1.15. The fourth-order valence-electron chi connectivity index (χ4n) is 6.72. The van der Waals surface area contributed by atoms with Gasteiger partial charge in [0.1, 0.15) is 36.3 Å². The summed E-state index contributed by atoms with van der Waals surface area (Å²) in [5.41, 5.74) is 4.08. The molecule has 2 amide bonds. The van der Waals surface area contributed by atoms with Crippen LogP contribution in [0.1, 0.15) is 116 Å². The summed E-state index contributed by atoms with van der Waals surface area (Å²) in [5, 5.41) is 35.2. The Morgan fingerprint density at radius 2 is 1.51 bits per heavy atom. The summed E-state index contributed by atoms with van der Waals surface area (Å²) in [5.74, 6) is -1.16. The van der Waals surface area contributed by atoms with Crippen LogP contribution in [0.25, 0.3) is 11.2 Å². The average molecular weight is 1040 g/mol. The van der Waals surface area contributed by atoms with E-state index in [1.165, 1.54) is 39.5 Å². The summed E-state index contributed by atoms with van der Waals surface area (Å²) in [6, 6.07) is 0. The highest BCUT2D eigenvalue weighted by atomic mass is 32.2. The molecule has 1 saturated heterocycles. The molecule has 68 heavy (non-hydrogen) atoms. The molecule has 1 fully saturated rings. The zero-order valence-corrected chi connectivity index (χ0v) is 41.6. The van der Waals surface area contributed by atoms with Gasteiger partial charge in [-0.05, 0) is 38.5 Å². The minimum Gasteiger partial charge on any atom is -0.790 e. The Hall–Kier alpha value is -2.74. The molecule has 2 aromatic rings. The molecule has 1 aliphatic heterocycles. The van der Waals surface area contributed by atoms with Crippen molar-refractivity contribution in [2.24, 2.45) is 5.41 Å². The number of carbonyl (C=O) groups is 3. The van der Waals surface area contributed by atoms with E-state index >= 15 is 0 Å². The lowest BCUT2D eigenvalue weighted by Crippen LogP contribution is -2.46. The van der Waals surface area contributed by atoms with Gasteiger partial charge in [-0.1, -0.05) is 82.7 Å². The number of hydrogen-bond acceptors (Lipinski definition) is 23. The third kappa shape index (κ3) is 22.1. The number of hydrogen-bond donors (Lipinski definition) is 6. The van der Waals surface area contributed by atoms with Crippen molar-refractivity contribution >= 4 is 69.1 Å². The molecule has 0 aliphatic carbocycles. The van der Waals surface area contributed by atoms with E-state index in [4.69, 9.17) is 15.6 Å². The molecule has 0 aromatic carbocycles. The molecule has 7 N–H and O–H groups in total. The quantitative estimate of drug-likeness (QED) is 0.0320. The Morgan fingerprint density at radius 3 is 2.16 bits per heavy atom. The number of amides is 2. The van der Waals surface area contributed by atoms with Crippen molar-refractivity contribution in [3.05, 3.63) is 24.8 Å². The Kier molecular flexibility index (Phi) is 25.9. The van der Waals surface area contributed by atoms with Crippen molar-refractivity contribution in [2.45, 2.75) is 141 Å². The predicted molar refractivity (Wildman–Crippen MR) is 239 cm³/mol. The fraction of sp³-hybridized carbons (Fsp3) is 0.744. The maximum absolute atomic E-state index is 12.6. The fourth-order valence-corrected chi connectivity index (χ4v) is 10.2. The summed E-state index contributed by atoms with van der Waals surface area (Å²) >= 11 is 1.13. The molecule has 29 heteroatoms. The number of allylic oxidation sites excluding steroid dienone is 2. The Bertz CT molecular complexity index is 2060. The van der Waals surface area contributed by atoms with Crippen molar-refractivity contribution in [3.63, 3.8) is 0 Å². The molecule has 388 valence electrons. The lowest BCUT2D eigenvalue weighted by molar-refractivity contribution is -0.347. The standard InChI is InChI=1S/C39H68N7O18P3S/c1-39(2,34(51)37(52)42-20-19-29(48)41-21-23-68-30(49)18-16-14-12-10-8-6-4-3-5-7-9-11-13-15-17-22-47)25-61-67(58,59)64-66(56,57)60-24-28-33(63-65(53,54)55)32(50)38(62-28)46-27-45-31-35(40)43-26-44-36(31)46/h5,7,26-28,32-34,38,47,50-51H,3-4,6,8-25H2,1-2H3,(H,41,48)(H,42,52)(H,56,57)(H,58,59)(H2,40,43,44)(H2,53,54,55)/p-4/b7-5-/t28-,32-,33-,34+,38-/m1/s1. The Morgan fingerprint density at radius 1 is 0.897 bits per heavy atom. The number of nitrogens with one attached hydrogen (secondary N) is 2. The van der Waals surface area contributed by atoms with E-state index in [1.54, 1.807) is 0 Å². The van der Waals surface area contributed by atoms with E-state index < -0.39 is 84.6 Å². The van der Waals surface area contributed by atoms with Crippen LogP contribution < -0.4 is 35.9 Å². The molecule has 3 heterocycles. The maximum atomic E-state index is 12.6. The zero-order chi connectivity index (χ0) is 50.4. The van der Waals surface area contributed by atoms with Crippen LogP contribution in [-0.4, -0.2) is 115 Å². The lowest BCUT2D eigenvalue weighted by Gasteiger charge is -2.36. The molecule has 0 bridgehead atoms. The van der Waals surface area contributed by atoms with Gasteiger partial charge in [-0.15, -0.1) is 0 Å². The van der Waals surface area contributed by atoms with E-state index in [0.717, 1.165) is 86.8 Å². The molecule has 0 spiro atoms. The smallest absolute Gasteiger partial charge is 0.274 e. The van der Waals surface area contributed by atoms with Crippen LogP contribution in [0.5, 0.6) is 0 Å². The average Bonchev–Trinajstić information content (AvgIpc) is 3.83. The van der Waals surface area contributed by atoms with E-state index in [-0.39, 0.29) is 48.2 Å². The summed E-state index contributed by atoms with van der Waals surface area (Å²) < 4.78 is 60.8. The first kappa shape index (κ1) is 59.6. The number of nitrogens with two attached hydrogens (primary N) is 1. The SMILES string of the molecule is CC(C)(COP(=O)([O-])OP(=O)([O-])OC[C@H]1O[C@@H](n2cnc3c(N)ncnc32)[C@H](O)[C@@H]1OP(=O)([O-])[O-])[C@@H](O)C(=O)NCCC(=O)NCCSC(=O)CCCCCCCCC/C=C\CCCCCCO. The second-order valence-corrected chi connectivity index (χ2v) is 21.8. The van der Waals surface area contributed by atoms with E-state index in [1.807, 2.05) is 0 Å². The number of rotatable bonds is 35. The van der Waals surface area contributed by atoms with E-state index in [9.17, 15) is 57.9 Å². The summed E-state index contributed by atoms with van der Waals surface area (Å²) in [6.07, 6.45) is 11.4. The lowest BCUT2D eigenvalue weighted by atomic mass is 9.87. The van der Waals surface area contributed by atoms with Gasteiger partial charge in [-0.2, -0.15) is 0 Å². The van der Waals surface area contributed by atoms with Crippen LogP contribution in [0, 0.1) is 5.41 Å². The topological polar surface area (TPSA) is 395 Å². The highest BCUT2D eigenvalue weighted by Crippen LogP contribution is 2.56. The number of carbonyl (C=O) groups excluding carboxylic acids is 3. The minimum atomic E-state index is -5.92. The highest BCUT2D eigenvalue weighted by molar-refractivity contribution is 8.13. The van der Waals surface area contributed by atoms with Crippen molar-refractivity contribution in [1.82, 2.24) is 30.2 Å². The van der Waals surface area contributed by atoms with Gasteiger partial charge in [-0.25, -0.2) is 19.3 Å². The molecule has 0 radical (unpaired) electrons. The van der Waals surface area contributed by atoms with Gasteiger partial charge in [-0.3, -0.25) is 28.1 Å². The molecule has 3 rings (SSSR count). The summed E-state index contributed by atoms with van der Waals surface area (Å²) in [6.45, 7) is 0.414. The number of thioether (sulfide) groups is 1. The molecular formula is C39H64N7O18P3S-4. The second-order valence-electron chi connectivity index (χ2n) is 16.6. The van der Waals surface area contributed by atoms with Crippen LogP contribution in [0.4, 0.5) is 5.82 Å². The number of phosphoric ester groups is 3. The van der Waals surface area contributed by atoms with Gasteiger partial charge >= 0.3 is 0 Å². The molecule has 1 aliphatic rings. The van der Waals surface area contributed by atoms with Crippen molar-refractivity contribution < 1.29 is 85.6 Å². The number of aliphatic hydroxyl groups excluding tert-OH is 3. The van der Waals surface area contributed by atoms with Gasteiger partial charge in [0.25, 0.3) is 15.6 Å². The second kappa shape index (κ2) is 29.6. The van der Waals surface area contributed by atoms with E-state index in [2.05, 4.69) is 55.6 Å². The van der Waals surface area contributed by atoms with Crippen LogP contribution in [0.3, 0.4) is 0 Å². The number of unbranched alkanes of at least 4 members (excludes halogenated alkanes) is 11. The number of aliphatic hydroxyl groups is 3. The first-order valence-corrected chi connectivity index (χ1v) is 27.7. The summed E-state index contributed by atoms with van der Waals surface area (Å²) in [7, 11) is -17.6. The monoisotopic (exact) mass is 1040 g/mol. The van der Waals surface area contributed by atoms with Gasteiger partial charge in [0.15, 0.2) is 22.8 Å². The molecule has 7 atom stereocenters. The molecule has 25 nitrogen and oxygen atoms in total.